The second-order valence-electron chi connectivity index (χ2n) is 16.2. The van der Waals surface area contributed by atoms with Crippen LogP contribution in [0.3, 0.4) is 0 Å². The Balaban J connectivity index is 0.000000816. The van der Waals surface area contributed by atoms with Gasteiger partial charge in [-0.05, 0) is 89.7 Å². The van der Waals surface area contributed by atoms with Crippen molar-refractivity contribution < 1.29 is 24.3 Å². The van der Waals surface area contributed by atoms with E-state index < -0.39 is 12.0 Å². The Morgan fingerprint density at radius 2 is 1.74 bits per heavy atom. The SMILES string of the molecule is CCC(C)C(NC)C(=O)NCCC(=O)N1CCC(Nc2nc(NCc3cn(CCCNCCCNC4CCCCC4)nn3)nc3ccccc23)CC1.NC(CCC=O)C(=O)O. The lowest BCUT2D eigenvalue weighted by atomic mass is 9.95. The third-order valence-electron chi connectivity index (χ3n) is 11.5. The van der Waals surface area contributed by atoms with Crippen molar-refractivity contribution in [1.82, 2.24) is 51.1 Å². The van der Waals surface area contributed by atoms with Crippen LogP contribution in [0.1, 0.15) is 103 Å². The smallest absolute Gasteiger partial charge is 0.320 e. The number of benzene rings is 1. The number of nitrogens with one attached hydrogen (secondary N) is 6. The maximum atomic E-state index is 12.9. The summed E-state index contributed by atoms with van der Waals surface area (Å²) in [6, 6.07) is 7.76. The van der Waals surface area contributed by atoms with Crippen LogP contribution in [0.4, 0.5) is 11.8 Å². The van der Waals surface area contributed by atoms with E-state index in [1.54, 1.807) is 7.05 Å². The molecule has 0 radical (unpaired) electrons. The fourth-order valence-electron chi connectivity index (χ4n) is 7.59. The van der Waals surface area contributed by atoms with E-state index in [4.69, 9.17) is 20.8 Å². The molecule has 1 saturated heterocycles. The van der Waals surface area contributed by atoms with Gasteiger partial charge in [0.2, 0.25) is 17.8 Å². The van der Waals surface area contributed by atoms with Gasteiger partial charge in [-0.2, -0.15) is 4.98 Å². The first-order chi connectivity index (χ1) is 29.6. The molecule has 1 aromatic carbocycles. The summed E-state index contributed by atoms with van der Waals surface area (Å²) in [5.41, 5.74) is 6.73. The number of likely N-dealkylation sites (tertiary alicyclic amines) is 1. The summed E-state index contributed by atoms with van der Waals surface area (Å²) in [7, 11) is 1.80. The first-order valence-corrected chi connectivity index (χ1v) is 22.4. The highest BCUT2D eigenvalue weighted by molar-refractivity contribution is 5.90. The minimum absolute atomic E-state index is 0.0492. The van der Waals surface area contributed by atoms with Gasteiger partial charge < -0.3 is 52.4 Å². The van der Waals surface area contributed by atoms with Gasteiger partial charge in [0.05, 0.1) is 24.3 Å². The number of carbonyl (C=O) groups is 4. The van der Waals surface area contributed by atoms with Crippen LogP contribution >= 0.6 is 0 Å². The van der Waals surface area contributed by atoms with Gasteiger partial charge in [-0.25, -0.2) is 4.98 Å². The van der Waals surface area contributed by atoms with Crippen LogP contribution in [0.2, 0.25) is 0 Å². The lowest BCUT2D eigenvalue weighted by Gasteiger charge is -2.33. The molecule has 3 atom stereocenters. The number of aliphatic carboxylic acids is 1. The Bertz CT molecular complexity index is 1760. The van der Waals surface area contributed by atoms with E-state index in [0.717, 1.165) is 86.7 Å². The number of hydrogen-bond acceptors (Lipinski definition) is 14. The molecule has 61 heavy (non-hydrogen) atoms. The molecule has 1 saturated carbocycles. The summed E-state index contributed by atoms with van der Waals surface area (Å²) in [5.74, 6) is 0.500. The summed E-state index contributed by atoms with van der Waals surface area (Å²) < 4.78 is 1.90. The van der Waals surface area contributed by atoms with Crippen molar-refractivity contribution in [3.8, 4) is 0 Å². The number of carbonyl (C=O) groups excluding carboxylic acids is 3. The van der Waals surface area contributed by atoms with E-state index in [9.17, 15) is 19.2 Å². The Labute approximate surface area is 360 Å². The number of para-hydroxylation sites is 1. The van der Waals surface area contributed by atoms with Crippen LogP contribution in [-0.4, -0.2) is 130 Å². The minimum atomic E-state index is -1.06. The lowest BCUT2D eigenvalue weighted by Crippen LogP contribution is -2.48. The van der Waals surface area contributed by atoms with Crippen molar-refractivity contribution in [1.29, 1.82) is 0 Å². The Morgan fingerprint density at radius 3 is 2.46 bits per heavy atom. The van der Waals surface area contributed by atoms with Crippen LogP contribution in [0, 0.1) is 5.92 Å². The van der Waals surface area contributed by atoms with Gasteiger partial charge >= 0.3 is 5.97 Å². The molecule has 5 rings (SSSR count). The molecule has 3 unspecified atom stereocenters. The normalized spacial score (nSPS) is 16.2. The number of hydrogen-bond donors (Lipinski definition) is 8. The zero-order chi connectivity index (χ0) is 43.8. The number of amides is 2. The predicted octanol–water partition coefficient (Wildman–Crippen LogP) is 3.05. The molecule has 338 valence electrons. The van der Waals surface area contributed by atoms with Crippen LogP contribution in [0.5, 0.6) is 0 Å². The van der Waals surface area contributed by atoms with Gasteiger partial charge in [0.25, 0.3) is 0 Å². The third kappa shape index (κ3) is 17.3. The number of likely N-dealkylation sites (N-methyl/N-ethyl adjacent to an activating group) is 1. The van der Waals surface area contributed by atoms with E-state index >= 15 is 0 Å². The molecule has 2 amide bonds. The van der Waals surface area contributed by atoms with Gasteiger partial charge in [0.1, 0.15) is 23.8 Å². The lowest BCUT2D eigenvalue weighted by molar-refractivity contribution is -0.138. The number of piperidine rings is 1. The van der Waals surface area contributed by atoms with E-state index in [2.05, 4.69) is 56.1 Å². The van der Waals surface area contributed by atoms with Gasteiger partial charge in [0.15, 0.2) is 0 Å². The van der Waals surface area contributed by atoms with E-state index in [1.807, 2.05) is 40.0 Å². The van der Waals surface area contributed by atoms with Crippen molar-refractivity contribution >= 4 is 46.7 Å². The van der Waals surface area contributed by atoms with Crippen molar-refractivity contribution in [3.05, 3.63) is 36.2 Å². The molecule has 2 aromatic heterocycles. The monoisotopic (exact) mass is 850 g/mol. The first-order valence-electron chi connectivity index (χ1n) is 22.4. The number of anilines is 2. The molecule has 3 aromatic rings. The summed E-state index contributed by atoms with van der Waals surface area (Å²) in [6.45, 7) is 10.2. The van der Waals surface area contributed by atoms with Gasteiger partial charge in [-0.1, -0.05) is 56.9 Å². The number of carboxylic acid groups (broad SMARTS) is 1. The van der Waals surface area contributed by atoms with Crippen LogP contribution < -0.4 is 37.6 Å². The molecule has 0 bridgehead atoms. The molecule has 3 heterocycles. The molecule has 1 aliphatic carbocycles. The number of aromatic nitrogens is 5. The molecule has 9 N–H and O–H groups in total. The Kier molecular flexibility index (Phi) is 21.8. The second-order valence-corrected chi connectivity index (χ2v) is 16.2. The van der Waals surface area contributed by atoms with Crippen LogP contribution in [0.15, 0.2) is 30.5 Å². The number of fused-ring (bicyclic) bond motifs is 1. The number of nitrogens with two attached hydrogens (primary N) is 1. The van der Waals surface area contributed by atoms with Gasteiger partial charge in [-0.3, -0.25) is 19.1 Å². The first kappa shape index (κ1) is 48.9. The second kappa shape index (κ2) is 27.2. The maximum absolute atomic E-state index is 12.9. The zero-order valence-electron chi connectivity index (χ0n) is 36.5. The number of aryl methyl sites for hydroxylation is 1. The fraction of sp³-hybridized carbons (Fsp3) is 0.674. The van der Waals surface area contributed by atoms with Gasteiger partial charge in [0, 0.05) is 56.5 Å². The third-order valence-corrected chi connectivity index (χ3v) is 11.5. The maximum Gasteiger partial charge on any atom is 0.320 e. The van der Waals surface area contributed by atoms with Crippen molar-refractivity contribution in [3.63, 3.8) is 0 Å². The average molecular weight is 850 g/mol. The number of aldehydes is 1. The minimum Gasteiger partial charge on any atom is -0.480 e. The molecule has 1 aliphatic heterocycles. The van der Waals surface area contributed by atoms with Crippen molar-refractivity contribution in [2.24, 2.45) is 11.7 Å². The predicted molar refractivity (Wildman–Crippen MR) is 238 cm³/mol. The fourth-order valence-corrected chi connectivity index (χ4v) is 7.59. The molecule has 2 fully saturated rings. The van der Waals surface area contributed by atoms with Gasteiger partial charge in [-0.15, -0.1) is 5.10 Å². The summed E-state index contributed by atoms with van der Waals surface area (Å²) in [4.78, 5) is 56.7. The summed E-state index contributed by atoms with van der Waals surface area (Å²) in [5, 5.41) is 38.1. The topological polar surface area (TPSA) is 246 Å². The quantitative estimate of drug-likeness (QED) is 0.0451. The molecule has 18 heteroatoms. The number of carboxylic acids is 1. The summed E-state index contributed by atoms with van der Waals surface area (Å²) >= 11 is 0. The van der Waals surface area contributed by atoms with E-state index in [1.165, 1.54) is 32.1 Å². The van der Waals surface area contributed by atoms with Crippen LogP contribution in [-0.2, 0) is 32.3 Å². The van der Waals surface area contributed by atoms with Crippen molar-refractivity contribution in [2.75, 3.05) is 56.9 Å². The highest BCUT2D eigenvalue weighted by atomic mass is 16.4. The Morgan fingerprint density at radius 1 is 0.984 bits per heavy atom. The average Bonchev–Trinajstić information content (AvgIpc) is 3.74. The standard InChI is InChI=1S/C38H62N12O2.C5H9NO3/c1-4-28(2)35(39-3)37(52)42-22-16-34(51)49-24-17-30(18-25-49)44-36-32-14-8-9-15-33(32)45-38(46-36)43-26-31-27-50(48-47-31)23-11-20-40-19-10-21-41-29-12-6-5-7-13-29;6-4(5(8)9)2-1-3-7/h8-9,14-15,27-30,35,39-41H,4-7,10-13,16-26H2,1-3H3,(H,42,52)(H2,43,44,45,46);3-4H,1-2,6H2,(H,8,9). The molecular weight excluding hydrogens is 779 g/mol. The molecular formula is C43H71N13O5. The Hall–Kier alpha value is -4.78. The summed E-state index contributed by atoms with van der Waals surface area (Å²) in [6.07, 6.45) is 14.9. The largest absolute Gasteiger partial charge is 0.480 e. The van der Waals surface area contributed by atoms with Crippen molar-refractivity contribution in [2.45, 2.75) is 135 Å². The van der Waals surface area contributed by atoms with E-state index in [0.29, 0.717) is 44.8 Å². The molecule has 0 spiro atoms. The number of nitrogens with zero attached hydrogens (tertiary/aromatic N) is 6. The highest BCUT2D eigenvalue weighted by Gasteiger charge is 2.25. The number of rotatable bonds is 25. The highest BCUT2D eigenvalue weighted by Crippen LogP contribution is 2.25. The van der Waals surface area contributed by atoms with E-state index in [-0.39, 0.29) is 42.7 Å². The zero-order valence-corrected chi connectivity index (χ0v) is 36.5. The molecule has 2 aliphatic rings. The van der Waals surface area contributed by atoms with Crippen LogP contribution in [0.25, 0.3) is 10.9 Å². The molecule has 18 nitrogen and oxygen atoms in total.